The first-order chi connectivity index (χ1) is 19.0. The zero-order valence-electron chi connectivity index (χ0n) is 26.6. The van der Waals surface area contributed by atoms with Crippen LogP contribution in [0.25, 0.3) is 0 Å². The monoisotopic (exact) mass is 554 g/mol. The highest BCUT2D eigenvalue weighted by atomic mass is 16.3. The van der Waals surface area contributed by atoms with E-state index < -0.39 is 0 Å². The van der Waals surface area contributed by atoms with Crippen molar-refractivity contribution >= 4 is 0 Å². The third-order valence-electron chi connectivity index (χ3n) is 9.20. The summed E-state index contributed by atoms with van der Waals surface area (Å²) in [6.45, 7) is 15.7. The first-order valence-electron chi connectivity index (χ1n) is 15.9. The smallest absolute Gasteiger partial charge is 0.123 e. The van der Waals surface area contributed by atoms with Gasteiger partial charge in [0, 0.05) is 41.4 Å². The van der Waals surface area contributed by atoms with Gasteiger partial charge in [-0.15, -0.1) is 0 Å². The molecule has 2 aromatic rings. The van der Waals surface area contributed by atoms with Crippen LogP contribution < -0.4 is 0 Å². The van der Waals surface area contributed by atoms with Crippen LogP contribution in [0.5, 0.6) is 11.5 Å². The molecule has 0 amide bonds. The summed E-state index contributed by atoms with van der Waals surface area (Å²) in [7, 11) is 0. The molecule has 2 rings (SSSR count). The van der Waals surface area contributed by atoms with Crippen LogP contribution in [-0.2, 0) is 23.7 Å². The van der Waals surface area contributed by atoms with E-state index in [4.69, 9.17) is 0 Å². The molecule has 0 radical (unpaired) electrons. The van der Waals surface area contributed by atoms with Crippen LogP contribution >= 0.6 is 0 Å². The number of unbranched alkanes of at least 4 members (excludes halogenated alkanes) is 4. The van der Waals surface area contributed by atoms with E-state index in [0.29, 0.717) is 11.5 Å². The topological polar surface area (TPSA) is 80.9 Å². The van der Waals surface area contributed by atoms with E-state index in [1.807, 2.05) is 0 Å². The summed E-state index contributed by atoms with van der Waals surface area (Å²) < 4.78 is 0. The van der Waals surface area contributed by atoms with Gasteiger partial charge in [-0.2, -0.15) is 0 Å². The average Bonchev–Trinajstić information content (AvgIpc) is 2.93. The summed E-state index contributed by atoms with van der Waals surface area (Å²) in [6.07, 6.45) is 11.0. The maximum absolute atomic E-state index is 11.8. The number of phenolic OH excluding ortho intramolecular Hbond substituents is 2. The molecule has 0 atom stereocenters. The van der Waals surface area contributed by atoms with Crippen molar-refractivity contribution in [1.29, 1.82) is 0 Å². The zero-order chi connectivity index (χ0) is 29.9. The van der Waals surface area contributed by atoms with Crippen LogP contribution in [0.3, 0.4) is 0 Å². The van der Waals surface area contributed by atoms with E-state index in [0.717, 1.165) is 99.3 Å². The molecule has 0 saturated carbocycles. The van der Waals surface area contributed by atoms with Gasteiger partial charge in [0.05, 0.1) is 0 Å². The maximum Gasteiger partial charge on any atom is 0.123 e. The van der Waals surface area contributed by atoms with Crippen LogP contribution in [0.2, 0.25) is 0 Å². The van der Waals surface area contributed by atoms with Gasteiger partial charge in [-0.3, -0.25) is 0 Å². The highest BCUT2D eigenvalue weighted by Gasteiger charge is 2.31. The molecule has 4 heteroatoms. The first kappa shape index (κ1) is 34.2. The highest BCUT2D eigenvalue weighted by molar-refractivity contribution is 5.56. The molecule has 0 saturated heterocycles. The molecule has 0 aromatic heterocycles. The number of phenols is 2. The largest absolute Gasteiger partial charge is 0.507 e. The molecular formula is C36H58O4. The maximum atomic E-state index is 11.8. The molecule has 0 aliphatic heterocycles. The number of hydrogen-bond acceptors (Lipinski definition) is 4. The summed E-state index contributed by atoms with van der Waals surface area (Å²) in [5, 5.41) is 42.2. The van der Waals surface area contributed by atoms with Gasteiger partial charge in [0.25, 0.3) is 0 Å². The minimum atomic E-state index is -0.178. The Morgan fingerprint density at radius 3 is 1.32 bits per heavy atom. The minimum absolute atomic E-state index is 0.113. The molecule has 0 heterocycles. The van der Waals surface area contributed by atoms with Crippen molar-refractivity contribution in [2.24, 2.45) is 0 Å². The van der Waals surface area contributed by atoms with Gasteiger partial charge in [-0.25, -0.2) is 0 Å². The lowest BCUT2D eigenvalue weighted by molar-refractivity contribution is 0.283. The number of aliphatic hydroxyl groups excluding tert-OH is 2. The molecule has 2 aromatic carbocycles. The molecule has 0 bridgehead atoms. The fourth-order valence-electron chi connectivity index (χ4n) is 5.67. The van der Waals surface area contributed by atoms with Crippen molar-refractivity contribution in [3.05, 3.63) is 57.6 Å². The molecule has 4 N–H and O–H groups in total. The number of benzene rings is 2. The summed E-state index contributed by atoms with van der Waals surface area (Å²) in [5.74, 6) is 0.625. The number of rotatable bonds is 18. The molecule has 0 aliphatic rings. The summed E-state index contributed by atoms with van der Waals surface area (Å²) in [4.78, 5) is 0. The lowest BCUT2D eigenvalue weighted by Gasteiger charge is -2.31. The lowest BCUT2D eigenvalue weighted by atomic mass is 9.74. The Morgan fingerprint density at radius 1 is 0.600 bits per heavy atom. The van der Waals surface area contributed by atoms with Gasteiger partial charge in [-0.1, -0.05) is 92.0 Å². The van der Waals surface area contributed by atoms with Crippen molar-refractivity contribution in [1.82, 2.24) is 0 Å². The number of aliphatic hydroxyl groups is 2. The average molecular weight is 555 g/mol. The number of aromatic hydroxyl groups is 2. The highest BCUT2D eigenvalue weighted by Crippen LogP contribution is 2.47. The molecule has 0 fully saturated rings. The molecule has 0 spiro atoms. The third-order valence-corrected chi connectivity index (χ3v) is 9.20. The zero-order valence-corrected chi connectivity index (χ0v) is 26.6. The Labute approximate surface area is 244 Å². The van der Waals surface area contributed by atoms with E-state index >= 15 is 0 Å². The predicted molar refractivity (Wildman–Crippen MR) is 169 cm³/mol. The van der Waals surface area contributed by atoms with Gasteiger partial charge in [-0.05, 0) is 79.7 Å². The fourth-order valence-corrected chi connectivity index (χ4v) is 5.67. The Hall–Kier alpha value is -2.04. The number of hydrogen-bond donors (Lipinski definition) is 4. The van der Waals surface area contributed by atoms with E-state index in [2.05, 4.69) is 72.7 Å². The molecule has 0 unspecified atom stereocenters. The SMILES string of the molecule is CCCC(c1cc(CCCCCO)cc(C(C)(C)CC)c1O)c1cc(CCCCCO)cc(C(C)(C)CC)c1O. The fraction of sp³-hybridized carbons (Fsp3) is 0.667. The predicted octanol–water partition coefficient (Wildman–Crippen LogP) is 8.82. The van der Waals surface area contributed by atoms with Crippen molar-refractivity contribution in [2.45, 2.75) is 142 Å². The molecular weight excluding hydrogens is 496 g/mol. The first-order valence-corrected chi connectivity index (χ1v) is 15.9. The van der Waals surface area contributed by atoms with Crippen LogP contribution in [-0.4, -0.2) is 33.6 Å². The minimum Gasteiger partial charge on any atom is -0.507 e. The summed E-state index contributed by atoms with van der Waals surface area (Å²) in [5.41, 5.74) is 5.90. The van der Waals surface area contributed by atoms with Crippen LogP contribution in [0.1, 0.15) is 152 Å². The van der Waals surface area contributed by atoms with Crippen LogP contribution in [0, 0.1) is 0 Å². The van der Waals surface area contributed by atoms with Gasteiger partial charge in [0.2, 0.25) is 0 Å². The summed E-state index contributed by atoms with van der Waals surface area (Å²) in [6, 6.07) is 8.74. The van der Waals surface area contributed by atoms with Gasteiger partial charge < -0.3 is 20.4 Å². The second-order valence-electron chi connectivity index (χ2n) is 13.0. The number of aryl methyl sites for hydroxylation is 2. The van der Waals surface area contributed by atoms with E-state index in [-0.39, 0.29) is 30.0 Å². The van der Waals surface area contributed by atoms with E-state index in [1.165, 1.54) is 11.1 Å². The molecule has 40 heavy (non-hydrogen) atoms. The van der Waals surface area contributed by atoms with Gasteiger partial charge in [0.15, 0.2) is 0 Å². The van der Waals surface area contributed by atoms with Crippen LogP contribution in [0.4, 0.5) is 0 Å². The third kappa shape index (κ3) is 8.73. The Balaban J connectivity index is 2.76. The second-order valence-corrected chi connectivity index (χ2v) is 13.0. The Kier molecular flexibility index (Phi) is 13.5. The normalized spacial score (nSPS) is 12.4. The van der Waals surface area contributed by atoms with Crippen molar-refractivity contribution in [2.75, 3.05) is 13.2 Å². The molecule has 0 aliphatic carbocycles. The van der Waals surface area contributed by atoms with Gasteiger partial charge >= 0.3 is 0 Å². The van der Waals surface area contributed by atoms with Crippen LogP contribution in [0.15, 0.2) is 24.3 Å². The standard InChI is InChI=1S/C36H58O4/c1-8-17-28(29-22-26(18-13-11-15-20-37)24-31(33(29)39)35(4,5)9-2)30-23-27(19-14-12-16-21-38)25-32(34(30)40)36(6,7)10-3/h22-25,28,37-40H,8-21H2,1-7H3. The molecule has 4 nitrogen and oxygen atoms in total. The molecule has 226 valence electrons. The van der Waals surface area contributed by atoms with E-state index in [9.17, 15) is 20.4 Å². The second kappa shape index (κ2) is 15.8. The Bertz CT molecular complexity index is 972. The summed E-state index contributed by atoms with van der Waals surface area (Å²) >= 11 is 0. The lowest BCUT2D eigenvalue weighted by Crippen LogP contribution is -2.19. The Morgan fingerprint density at radius 2 is 1.00 bits per heavy atom. The van der Waals surface area contributed by atoms with Gasteiger partial charge in [0.1, 0.15) is 11.5 Å². The quantitative estimate of drug-likeness (QED) is 0.139. The van der Waals surface area contributed by atoms with Crippen molar-refractivity contribution in [3.63, 3.8) is 0 Å². The van der Waals surface area contributed by atoms with Crippen molar-refractivity contribution in [3.8, 4) is 11.5 Å². The van der Waals surface area contributed by atoms with Crippen molar-refractivity contribution < 1.29 is 20.4 Å². The van der Waals surface area contributed by atoms with E-state index in [1.54, 1.807) is 0 Å².